The molecular formula is C56H62O6. The van der Waals surface area contributed by atoms with Gasteiger partial charge in [0.15, 0.2) is 0 Å². The van der Waals surface area contributed by atoms with Gasteiger partial charge in [0.1, 0.15) is 47.7 Å². The van der Waals surface area contributed by atoms with Crippen molar-refractivity contribution in [3.05, 3.63) is 154 Å². The van der Waals surface area contributed by atoms with E-state index in [9.17, 15) is 0 Å². The van der Waals surface area contributed by atoms with Crippen LogP contribution in [-0.4, -0.2) is 39.6 Å². The first kappa shape index (κ1) is 42.8. The summed E-state index contributed by atoms with van der Waals surface area (Å²) in [5, 5.41) is 4.13. The zero-order chi connectivity index (χ0) is 43.4. The van der Waals surface area contributed by atoms with Crippen molar-refractivity contribution in [1.29, 1.82) is 0 Å². The summed E-state index contributed by atoms with van der Waals surface area (Å²) in [6.45, 7) is 20.8. The Morgan fingerprint density at radius 3 is 0.871 bits per heavy atom. The molecule has 0 aliphatic carbocycles. The molecule has 62 heavy (non-hydrogen) atoms. The fraction of sp³-hybridized carbons (Fsp3) is 0.357. The van der Waals surface area contributed by atoms with Crippen molar-refractivity contribution in [2.24, 2.45) is 23.7 Å². The van der Waals surface area contributed by atoms with Crippen molar-refractivity contribution < 1.29 is 28.4 Å². The Hall–Kier alpha value is -5.88. The standard InChI is InChI=1S/C56H62O6/c1-37(2)31-57-47-19-11-43(12-20-47)55(44-13-21-48(22-14-44)58-32-38(3)4)29-41-9-27-52-51(53(41)61-35-55)28-10-42-30-56(36-62-54(42)52,45-15-23-49(24-16-45)59-33-39(5)6)46-17-25-50(26-18-46)60-34-40(7)8/h9-30,37-40H,31-36H2,1-8H3. The third-order valence-electron chi connectivity index (χ3n) is 11.7. The van der Waals surface area contributed by atoms with Crippen molar-refractivity contribution in [2.75, 3.05) is 39.6 Å². The highest BCUT2D eigenvalue weighted by molar-refractivity contribution is 5.95. The lowest BCUT2D eigenvalue weighted by Gasteiger charge is -2.36. The van der Waals surface area contributed by atoms with Gasteiger partial charge in [-0.1, -0.05) is 128 Å². The van der Waals surface area contributed by atoms with E-state index in [0.717, 1.165) is 78.0 Å². The highest BCUT2D eigenvalue weighted by Crippen LogP contribution is 2.43. The highest BCUT2D eigenvalue weighted by atomic mass is 16.5. The maximum atomic E-state index is 6.96. The van der Waals surface area contributed by atoms with Gasteiger partial charge in [0, 0.05) is 21.2 Å². The van der Waals surface area contributed by atoms with Crippen LogP contribution in [0.2, 0.25) is 0 Å². The molecule has 0 unspecified atom stereocenters. The highest BCUT2D eigenvalue weighted by Gasteiger charge is 2.38. The quantitative estimate of drug-likeness (QED) is 0.0968. The molecule has 0 saturated heterocycles. The fourth-order valence-electron chi connectivity index (χ4n) is 8.37. The number of ether oxygens (including phenoxy) is 6. The monoisotopic (exact) mass is 830 g/mol. The summed E-state index contributed by atoms with van der Waals surface area (Å²) >= 11 is 0. The zero-order valence-electron chi connectivity index (χ0n) is 37.7. The lowest BCUT2D eigenvalue weighted by Crippen LogP contribution is -2.39. The third-order valence-corrected chi connectivity index (χ3v) is 11.7. The second-order valence-corrected chi connectivity index (χ2v) is 18.8. The number of rotatable bonds is 16. The van der Waals surface area contributed by atoms with E-state index in [1.54, 1.807) is 0 Å². The van der Waals surface area contributed by atoms with E-state index >= 15 is 0 Å². The number of fused-ring (bicyclic) bond motifs is 5. The Balaban J connectivity index is 1.20. The van der Waals surface area contributed by atoms with E-state index in [-0.39, 0.29) is 0 Å². The Morgan fingerprint density at radius 2 is 0.629 bits per heavy atom. The van der Waals surface area contributed by atoms with Gasteiger partial charge < -0.3 is 28.4 Å². The fourth-order valence-corrected chi connectivity index (χ4v) is 8.37. The molecule has 0 fully saturated rings. The van der Waals surface area contributed by atoms with Crippen LogP contribution in [0.15, 0.2) is 121 Å². The molecular weight excluding hydrogens is 769 g/mol. The molecule has 6 aromatic carbocycles. The average Bonchev–Trinajstić information content (AvgIpc) is 3.28. The van der Waals surface area contributed by atoms with Crippen LogP contribution in [0.3, 0.4) is 0 Å². The molecule has 6 aromatic rings. The van der Waals surface area contributed by atoms with Crippen molar-refractivity contribution in [1.82, 2.24) is 0 Å². The molecule has 6 heteroatoms. The summed E-state index contributed by atoms with van der Waals surface area (Å²) in [7, 11) is 0. The Morgan fingerprint density at radius 1 is 0.371 bits per heavy atom. The van der Waals surface area contributed by atoms with Gasteiger partial charge in [-0.05, 0) is 107 Å². The van der Waals surface area contributed by atoms with Crippen LogP contribution in [0.4, 0.5) is 0 Å². The largest absolute Gasteiger partial charge is 0.493 e. The molecule has 0 radical (unpaired) electrons. The van der Waals surface area contributed by atoms with Gasteiger partial charge in [-0.15, -0.1) is 0 Å². The van der Waals surface area contributed by atoms with E-state index < -0.39 is 10.8 Å². The van der Waals surface area contributed by atoms with Gasteiger partial charge in [-0.2, -0.15) is 0 Å². The molecule has 0 bridgehead atoms. The molecule has 322 valence electrons. The lowest BCUT2D eigenvalue weighted by molar-refractivity contribution is 0.263. The van der Waals surface area contributed by atoms with E-state index in [1.807, 2.05) is 0 Å². The smallest absolute Gasteiger partial charge is 0.134 e. The van der Waals surface area contributed by atoms with Gasteiger partial charge in [-0.25, -0.2) is 0 Å². The van der Waals surface area contributed by atoms with Gasteiger partial charge in [0.05, 0.1) is 37.3 Å². The molecule has 2 heterocycles. The Bertz CT molecular complexity index is 2280. The molecule has 8 rings (SSSR count). The van der Waals surface area contributed by atoms with Crippen molar-refractivity contribution in [3.8, 4) is 34.5 Å². The normalized spacial score (nSPS) is 15.0. The van der Waals surface area contributed by atoms with Crippen LogP contribution >= 0.6 is 0 Å². The van der Waals surface area contributed by atoms with Crippen molar-refractivity contribution in [2.45, 2.75) is 66.2 Å². The minimum Gasteiger partial charge on any atom is -0.493 e. The number of benzene rings is 6. The second kappa shape index (κ2) is 18.2. The molecule has 0 amide bonds. The maximum absolute atomic E-state index is 6.96. The first-order chi connectivity index (χ1) is 29.9. The first-order valence-electron chi connectivity index (χ1n) is 22.4. The van der Waals surface area contributed by atoms with E-state index in [1.165, 1.54) is 0 Å². The average molecular weight is 831 g/mol. The summed E-state index contributed by atoms with van der Waals surface area (Å²) in [4.78, 5) is 0. The third kappa shape index (κ3) is 9.02. The van der Waals surface area contributed by atoms with Crippen molar-refractivity contribution >= 4 is 22.9 Å². The maximum Gasteiger partial charge on any atom is 0.134 e. The summed E-state index contributed by atoms with van der Waals surface area (Å²) in [5.74, 6) is 6.97. The SMILES string of the molecule is CC(C)COc1ccc(C2(c3ccc(OCC(C)C)cc3)C=c3ccc4c5c(ccc4c3OC2)=CC(c2ccc(OCC(C)C)cc2)(c2ccc(OCC(C)C)cc2)CO5)cc1. The molecule has 0 N–H and O–H groups in total. The van der Waals surface area contributed by atoms with Crippen LogP contribution in [0, 0.1) is 23.7 Å². The summed E-state index contributed by atoms with van der Waals surface area (Å²) in [5.41, 5.74) is 3.45. The Labute approximate surface area is 368 Å². The molecule has 2 aliphatic heterocycles. The van der Waals surface area contributed by atoms with E-state index in [0.29, 0.717) is 63.3 Å². The minimum atomic E-state index is -0.545. The molecule has 0 spiro atoms. The van der Waals surface area contributed by atoms with E-state index in [4.69, 9.17) is 28.4 Å². The second-order valence-electron chi connectivity index (χ2n) is 18.8. The van der Waals surface area contributed by atoms with E-state index in [2.05, 4.69) is 189 Å². The van der Waals surface area contributed by atoms with Gasteiger partial charge in [-0.3, -0.25) is 0 Å². The molecule has 0 saturated carbocycles. The van der Waals surface area contributed by atoms with Gasteiger partial charge >= 0.3 is 0 Å². The van der Waals surface area contributed by atoms with Gasteiger partial charge in [0.2, 0.25) is 0 Å². The van der Waals surface area contributed by atoms with Crippen molar-refractivity contribution in [3.63, 3.8) is 0 Å². The first-order valence-corrected chi connectivity index (χ1v) is 22.4. The summed E-state index contributed by atoms with van der Waals surface area (Å²) in [6.07, 6.45) is 4.75. The van der Waals surface area contributed by atoms with Crippen LogP contribution in [0.5, 0.6) is 34.5 Å². The Kier molecular flexibility index (Phi) is 12.6. The number of hydrogen-bond acceptors (Lipinski definition) is 6. The molecule has 0 atom stereocenters. The van der Waals surface area contributed by atoms with Crippen LogP contribution in [0.1, 0.15) is 77.6 Å². The topological polar surface area (TPSA) is 55.4 Å². The molecule has 0 aromatic heterocycles. The van der Waals surface area contributed by atoms with Crippen LogP contribution in [0.25, 0.3) is 22.9 Å². The molecule has 6 nitrogen and oxygen atoms in total. The predicted octanol–water partition coefficient (Wildman–Crippen LogP) is 11.3. The lowest BCUT2D eigenvalue weighted by atomic mass is 9.73. The zero-order valence-corrected chi connectivity index (χ0v) is 37.7. The van der Waals surface area contributed by atoms with Crippen LogP contribution < -0.4 is 38.9 Å². The summed E-state index contributed by atoms with van der Waals surface area (Å²) in [6, 6.07) is 42.8. The number of hydrogen-bond donors (Lipinski definition) is 0. The van der Waals surface area contributed by atoms with Crippen LogP contribution in [-0.2, 0) is 10.8 Å². The summed E-state index contributed by atoms with van der Waals surface area (Å²) < 4.78 is 38.2. The molecule has 2 aliphatic rings. The minimum absolute atomic E-state index is 0.429. The van der Waals surface area contributed by atoms with Gasteiger partial charge in [0.25, 0.3) is 0 Å². The predicted molar refractivity (Wildman–Crippen MR) is 252 cm³/mol.